The minimum atomic E-state index is -0.276. The Morgan fingerprint density at radius 3 is 2.50 bits per heavy atom. The topological polar surface area (TPSA) is 75.9 Å². The molecule has 6 nitrogen and oxygen atoms in total. The summed E-state index contributed by atoms with van der Waals surface area (Å²) in [5.41, 5.74) is 5.46. The van der Waals surface area contributed by atoms with Crippen LogP contribution >= 0.6 is 0 Å². The Morgan fingerprint density at radius 2 is 2.00 bits per heavy atom. The number of nitrogens with two attached hydrogens (primary N) is 1. The maximum atomic E-state index is 11.9. The smallest absolute Gasteiger partial charge is 0.242 e. The maximum Gasteiger partial charge on any atom is 0.242 e. The van der Waals surface area contributed by atoms with Crippen molar-refractivity contribution in [2.75, 3.05) is 40.3 Å². The fourth-order valence-corrected chi connectivity index (χ4v) is 1.97. The van der Waals surface area contributed by atoms with Crippen LogP contribution in [0.25, 0.3) is 0 Å². The van der Waals surface area contributed by atoms with Crippen LogP contribution in [0.2, 0.25) is 0 Å². The van der Waals surface area contributed by atoms with Gasteiger partial charge in [0.25, 0.3) is 0 Å². The molecule has 1 fully saturated rings. The monoisotopic (exact) mass is 257 g/mol. The van der Waals surface area contributed by atoms with E-state index in [1.54, 1.807) is 11.9 Å². The molecule has 0 aromatic rings. The molecule has 1 atom stereocenters. The minimum Gasteiger partial charge on any atom is -0.380 e. The van der Waals surface area contributed by atoms with Crippen LogP contribution in [-0.4, -0.2) is 68.1 Å². The second-order valence-corrected chi connectivity index (χ2v) is 4.64. The molecular formula is C12H23N3O3. The van der Waals surface area contributed by atoms with Crippen molar-refractivity contribution in [3.63, 3.8) is 0 Å². The number of carbonyl (C=O) groups excluding carboxylic acids is 2. The maximum absolute atomic E-state index is 11.9. The number of rotatable bonds is 6. The van der Waals surface area contributed by atoms with Crippen LogP contribution in [-0.2, 0) is 14.3 Å². The van der Waals surface area contributed by atoms with E-state index < -0.39 is 0 Å². The number of nitrogens with zero attached hydrogens (tertiary/aromatic N) is 2. The summed E-state index contributed by atoms with van der Waals surface area (Å²) in [5.74, 6) is -0.0927. The summed E-state index contributed by atoms with van der Waals surface area (Å²) in [4.78, 5) is 27.0. The van der Waals surface area contributed by atoms with Crippen molar-refractivity contribution in [1.29, 1.82) is 0 Å². The van der Waals surface area contributed by atoms with Crippen molar-refractivity contribution in [2.24, 2.45) is 5.73 Å². The van der Waals surface area contributed by atoms with E-state index in [-0.39, 0.29) is 30.9 Å². The molecule has 0 aliphatic carbocycles. The number of likely N-dealkylation sites (N-methyl/N-ethyl adjacent to an activating group) is 1. The minimum absolute atomic E-state index is 0.0186. The Morgan fingerprint density at radius 1 is 1.39 bits per heavy atom. The van der Waals surface area contributed by atoms with E-state index in [0.717, 1.165) is 25.9 Å². The number of methoxy groups -OCH3 is 1. The fourth-order valence-electron chi connectivity index (χ4n) is 1.97. The van der Waals surface area contributed by atoms with Crippen LogP contribution in [0.15, 0.2) is 0 Å². The Balaban J connectivity index is 2.36. The van der Waals surface area contributed by atoms with Crippen molar-refractivity contribution >= 4 is 11.8 Å². The van der Waals surface area contributed by atoms with Crippen molar-refractivity contribution in [3.05, 3.63) is 0 Å². The van der Waals surface area contributed by atoms with Gasteiger partial charge in [-0.15, -0.1) is 0 Å². The molecule has 1 heterocycles. The average Bonchev–Trinajstić information content (AvgIpc) is 2.89. The molecule has 0 spiro atoms. The average molecular weight is 257 g/mol. The van der Waals surface area contributed by atoms with Gasteiger partial charge in [0.2, 0.25) is 11.8 Å². The van der Waals surface area contributed by atoms with Gasteiger partial charge >= 0.3 is 0 Å². The van der Waals surface area contributed by atoms with Gasteiger partial charge in [0.1, 0.15) is 0 Å². The van der Waals surface area contributed by atoms with Crippen molar-refractivity contribution in [2.45, 2.75) is 25.4 Å². The van der Waals surface area contributed by atoms with Gasteiger partial charge < -0.3 is 20.3 Å². The van der Waals surface area contributed by atoms with Gasteiger partial charge in [-0.1, -0.05) is 0 Å². The zero-order valence-electron chi connectivity index (χ0n) is 11.2. The van der Waals surface area contributed by atoms with Crippen LogP contribution in [0.1, 0.15) is 19.3 Å². The van der Waals surface area contributed by atoms with E-state index in [4.69, 9.17) is 10.5 Å². The highest BCUT2D eigenvalue weighted by Crippen LogP contribution is 2.08. The van der Waals surface area contributed by atoms with Crippen LogP contribution in [0.3, 0.4) is 0 Å². The number of amides is 2. The molecule has 0 bridgehead atoms. The quantitative estimate of drug-likeness (QED) is 0.691. The molecule has 6 heteroatoms. The Labute approximate surface area is 108 Å². The highest BCUT2D eigenvalue weighted by atomic mass is 16.5. The van der Waals surface area contributed by atoms with E-state index in [9.17, 15) is 9.59 Å². The summed E-state index contributed by atoms with van der Waals surface area (Å²) < 4.78 is 5.06. The first-order valence-electron chi connectivity index (χ1n) is 6.33. The molecule has 1 unspecified atom stereocenters. The highest BCUT2D eigenvalue weighted by Gasteiger charge is 2.22. The first-order chi connectivity index (χ1) is 8.58. The largest absolute Gasteiger partial charge is 0.380 e. The number of carbonyl (C=O) groups is 2. The molecular weight excluding hydrogens is 234 g/mol. The summed E-state index contributed by atoms with van der Waals surface area (Å²) in [6.45, 7) is 2.06. The van der Waals surface area contributed by atoms with Gasteiger partial charge in [-0.3, -0.25) is 9.59 Å². The predicted octanol–water partition coefficient (Wildman–Crippen LogP) is -0.569. The van der Waals surface area contributed by atoms with Crippen LogP contribution in [0.5, 0.6) is 0 Å². The van der Waals surface area contributed by atoms with E-state index >= 15 is 0 Å². The van der Waals surface area contributed by atoms with Crippen molar-refractivity contribution in [1.82, 2.24) is 9.80 Å². The number of likely N-dealkylation sites (tertiary alicyclic amines) is 1. The normalized spacial score (nSPS) is 16.7. The molecule has 1 aliphatic heterocycles. The van der Waals surface area contributed by atoms with Gasteiger partial charge in [-0.05, 0) is 12.8 Å². The first kappa shape index (κ1) is 14.9. The molecule has 0 aromatic heterocycles. The molecule has 1 rings (SSSR count). The Hall–Kier alpha value is -1.14. The molecule has 0 aromatic carbocycles. The van der Waals surface area contributed by atoms with E-state index in [1.165, 1.54) is 12.0 Å². The standard InChI is InChI=1S/C12H23N3O3/c1-14(11(16)7-10(8-13)18-2)9-12(17)15-5-3-4-6-15/h10H,3-9,13H2,1-2H3. The SMILES string of the molecule is COC(CN)CC(=O)N(C)CC(=O)N1CCCC1. The third kappa shape index (κ3) is 4.27. The van der Waals surface area contributed by atoms with Gasteiger partial charge in [-0.2, -0.15) is 0 Å². The third-order valence-corrected chi connectivity index (χ3v) is 3.26. The lowest BCUT2D eigenvalue weighted by atomic mass is 10.2. The molecule has 2 amide bonds. The van der Waals surface area contributed by atoms with Crippen LogP contribution in [0, 0.1) is 0 Å². The summed E-state index contributed by atoms with van der Waals surface area (Å²) in [6.07, 6.45) is 2.06. The first-order valence-corrected chi connectivity index (χ1v) is 6.33. The van der Waals surface area contributed by atoms with Crippen molar-refractivity contribution in [3.8, 4) is 0 Å². The highest BCUT2D eigenvalue weighted by molar-refractivity contribution is 5.85. The van der Waals surface area contributed by atoms with Gasteiger partial charge in [0, 0.05) is 33.8 Å². The second-order valence-electron chi connectivity index (χ2n) is 4.64. The lowest BCUT2D eigenvalue weighted by Gasteiger charge is -2.22. The van der Waals surface area contributed by atoms with E-state index in [2.05, 4.69) is 0 Å². The molecule has 0 saturated carbocycles. The molecule has 18 heavy (non-hydrogen) atoms. The number of ether oxygens (including phenoxy) is 1. The zero-order valence-corrected chi connectivity index (χ0v) is 11.2. The third-order valence-electron chi connectivity index (χ3n) is 3.26. The Bertz CT molecular complexity index is 286. The Kier molecular flexibility index (Phi) is 6.07. The van der Waals surface area contributed by atoms with E-state index in [0.29, 0.717) is 6.54 Å². The van der Waals surface area contributed by atoms with Crippen LogP contribution in [0.4, 0.5) is 0 Å². The second kappa shape index (κ2) is 7.33. The van der Waals surface area contributed by atoms with Gasteiger partial charge in [-0.25, -0.2) is 0 Å². The van der Waals surface area contributed by atoms with Crippen molar-refractivity contribution < 1.29 is 14.3 Å². The molecule has 104 valence electrons. The van der Waals surface area contributed by atoms with Crippen LogP contribution < -0.4 is 5.73 Å². The molecule has 1 aliphatic rings. The lowest BCUT2D eigenvalue weighted by Crippen LogP contribution is -2.41. The molecule has 1 saturated heterocycles. The summed E-state index contributed by atoms with van der Waals surface area (Å²) >= 11 is 0. The van der Waals surface area contributed by atoms with E-state index in [1.807, 2.05) is 0 Å². The fraction of sp³-hybridized carbons (Fsp3) is 0.833. The zero-order chi connectivity index (χ0) is 13.5. The summed E-state index contributed by atoms with van der Waals surface area (Å²) in [5, 5.41) is 0. The predicted molar refractivity (Wildman–Crippen MR) is 67.9 cm³/mol. The van der Waals surface area contributed by atoms with Gasteiger partial charge in [0.15, 0.2) is 0 Å². The summed E-state index contributed by atoms with van der Waals surface area (Å²) in [6, 6.07) is 0. The van der Waals surface area contributed by atoms with Gasteiger partial charge in [0.05, 0.1) is 19.1 Å². The molecule has 0 radical (unpaired) electrons. The lowest BCUT2D eigenvalue weighted by molar-refractivity contribution is -0.140. The molecule has 2 N–H and O–H groups in total. The number of hydrogen-bond donors (Lipinski definition) is 1. The number of hydrogen-bond acceptors (Lipinski definition) is 4. The summed E-state index contributed by atoms with van der Waals surface area (Å²) in [7, 11) is 3.17.